The molecule has 8 heteroatoms. The number of ketones is 1. The van der Waals surface area contributed by atoms with Gasteiger partial charge in [0.15, 0.2) is 0 Å². The molecule has 3 aromatic carbocycles. The lowest BCUT2D eigenvalue weighted by molar-refractivity contribution is -0.126. The van der Waals surface area contributed by atoms with E-state index in [-0.39, 0.29) is 17.5 Å². The number of carbonyl (C=O) groups is 2. The molecule has 45 heavy (non-hydrogen) atoms. The molecule has 0 bridgehead atoms. The van der Waals surface area contributed by atoms with Gasteiger partial charge in [0.25, 0.3) is 0 Å². The van der Waals surface area contributed by atoms with Gasteiger partial charge in [0, 0.05) is 35.5 Å². The van der Waals surface area contributed by atoms with E-state index in [4.69, 9.17) is 5.10 Å². The van der Waals surface area contributed by atoms with Crippen molar-refractivity contribution in [1.82, 2.24) is 19.7 Å². The summed E-state index contributed by atoms with van der Waals surface area (Å²) in [5.41, 5.74) is 6.42. The highest BCUT2D eigenvalue weighted by Gasteiger charge is 2.25. The molecule has 1 atom stereocenters. The van der Waals surface area contributed by atoms with E-state index in [9.17, 15) is 9.59 Å². The fourth-order valence-electron chi connectivity index (χ4n) is 5.85. The summed E-state index contributed by atoms with van der Waals surface area (Å²) >= 11 is 0. The van der Waals surface area contributed by atoms with Gasteiger partial charge in [0.05, 0.1) is 29.3 Å². The number of nitrogens with zero attached hydrogens (tertiary/aromatic N) is 4. The number of urea groups is 1. The van der Waals surface area contributed by atoms with Crippen LogP contribution in [0.4, 0.5) is 16.3 Å². The summed E-state index contributed by atoms with van der Waals surface area (Å²) in [6.45, 7) is 11.9. The molecule has 5 aromatic rings. The smallest absolute Gasteiger partial charge is 0.307 e. The van der Waals surface area contributed by atoms with E-state index in [2.05, 4.69) is 77.7 Å². The fourth-order valence-corrected chi connectivity index (χ4v) is 5.85. The van der Waals surface area contributed by atoms with Crippen LogP contribution in [0, 0.1) is 6.92 Å². The number of nitrogens with one attached hydrogen (secondary N) is 2. The summed E-state index contributed by atoms with van der Waals surface area (Å²) in [7, 11) is 0. The molecule has 0 saturated carbocycles. The number of Topliss-reactive ketones (excluding diaryl/α,β-unsaturated/α-hetero) is 1. The Morgan fingerprint density at radius 2 is 1.71 bits per heavy atom. The maximum atomic E-state index is 13.4. The maximum absolute atomic E-state index is 13.4. The van der Waals surface area contributed by atoms with Gasteiger partial charge in [-0.1, -0.05) is 75.4 Å². The summed E-state index contributed by atoms with van der Waals surface area (Å²) in [5, 5.41) is 12.9. The Morgan fingerprint density at radius 1 is 0.956 bits per heavy atom. The van der Waals surface area contributed by atoms with Gasteiger partial charge in [0.2, 0.25) is 0 Å². The molecule has 1 unspecified atom stereocenters. The topological polar surface area (TPSA) is 92.2 Å². The molecule has 230 valence electrons. The third-order valence-electron chi connectivity index (χ3n) is 8.56. The molecule has 2 aromatic heterocycles. The number of anilines is 2. The van der Waals surface area contributed by atoms with Crippen molar-refractivity contribution in [3.05, 3.63) is 102 Å². The summed E-state index contributed by atoms with van der Waals surface area (Å²) < 4.78 is 1.72. The molecule has 1 saturated heterocycles. The zero-order valence-corrected chi connectivity index (χ0v) is 26.6. The Bertz CT molecular complexity index is 1850. The van der Waals surface area contributed by atoms with Gasteiger partial charge in [-0.3, -0.25) is 20.0 Å². The predicted octanol–water partition coefficient (Wildman–Crippen LogP) is 7.89. The Morgan fingerprint density at radius 3 is 2.42 bits per heavy atom. The van der Waals surface area contributed by atoms with Gasteiger partial charge in [-0.15, -0.1) is 0 Å². The molecule has 0 radical (unpaired) electrons. The highest BCUT2D eigenvalue weighted by atomic mass is 16.2. The van der Waals surface area contributed by atoms with Crippen molar-refractivity contribution in [2.45, 2.75) is 65.5 Å². The molecule has 8 nitrogen and oxygen atoms in total. The molecule has 3 heterocycles. The van der Waals surface area contributed by atoms with Crippen molar-refractivity contribution >= 4 is 34.1 Å². The molecule has 0 spiro atoms. The van der Waals surface area contributed by atoms with E-state index in [1.807, 2.05) is 56.3 Å². The molecule has 0 aliphatic carbocycles. The average molecular weight is 601 g/mol. The van der Waals surface area contributed by atoms with Crippen molar-refractivity contribution in [2.24, 2.45) is 0 Å². The van der Waals surface area contributed by atoms with Gasteiger partial charge in [-0.05, 0) is 67.1 Å². The molecule has 2 N–H and O–H groups in total. The van der Waals surface area contributed by atoms with Crippen molar-refractivity contribution in [1.29, 1.82) is 0 Å². The first-order valence-electron chi connectivity index (χ1n) is 15.6. The summed E-state index contributed by atoms with van der Waals surface area (Å²) in [5.74, 6) is 0.892. The third kappa shape index (κ3) is 6.51. The van der Waals surface area contributed by atoms with Crippen LogP contribution in [-0.4, -0.2) is 44.1 Å². The number of piperidine rings is 1. The second kappa shape index (κ2) is 12.3. The van der Waals surface area contributed by atoms with E-state index in [0.717, 1.165) is 58.5 Å². The van der Waals surface area contributed by atoms with Crippen LogP contribution in [0.25, 0.3) is 27.6 Å². The van der Waals surface area contributed by atoms with Crippen LogP contribution in [0.3, 0.4) is 0 Å². The largest absolute Gasteiger partial charge is 0.324 e. The Labute approximate surface area is 264 Å². The second-order valence-corrected chi connectivity index (χ2v) is 12.9. The van der Waals surface area contributed by atoms with Crippen molar-refractivity contribution < 1.29 is 9.59 Å². The number of fused-ring (bicyclic) bond motifs is 1. The lowest BCUT2D eigenvalue weighted by Crippen LogP contribution is -2.43. The van der Waals surface area contributed by atoms with Crippen LogP contribution in [0.5, 0.6) is 0 Å². The normalized spacial score (nSPS) is 15.8. The van der Waals surface area contributed by atoms with Crippen LogP contribution in [-0.2, 0) is 16.8 Å². The Kier molecular flexibility index (Phi) is 8.25. The fraction of sp³-hybridized carbons (Fsp3) is 0.297. The summed E-state index contributed by atoms with van der Waals surface area (Å²) in [4.78, 5) is 32.3. The molecule has 1 fully saturated rings. The van der Waals surface area contributed by atoms with E-state index in [1.165, 1.54) is 5.56 Å². The second-order valence-electron chi connectivity index (χ2n) is 12.9. The van der Waals surface area contributed by atoms with Crippen LogP contribution in [0.15, 0.2) is 85.1 Å². The number of aryl methyl sites for hydroxylation is 1. The van der Waals surface area contributed by atoms with E-state index >= 15 is 0 Å². The predicted molar refractivity (Wildman–Crippen MR) is 181 cm³/mol. The standard InChI is InChI=1S/C37H40N6O2/c1-24-12-17-28(22-38-24)43-35(21-34(41-43)37(3,4)5)40-36(45)39-32-19-18-29(30-9-6-7-10-31(30)32)27-15-13-26(14-16-27)23-42-20-8-11-33(44)25(42)2/h6-7,9-10,12-19,21-22,25H,8,11,20,23H2,1-5H3,(H2,39,40,45). The number of hydrogen-bond donors (Lipinski definition) is 2. The van der Waals surface area contributed by atoms with Crippen LogP contribution >= 0.6 is 0 Å². The Hall–Kier alpha value is -4.82. The van der Waals surface area contributed by atoms with Crippen LogP contribution < -0.4 is 10.6 Å². The number of hydrogen-bond acceptors (Lipinski definition) is 5. The number of pyridine rings is 1. The van der Waals surface area contributed by atoms with E-state index in [0.29, 0.717) is 23.7 Å². The summed E-state index contributed by atoms with van der Waals surface area (Å²) in [6.07, 6.45) is 3.37. The van der Waals surface area contributed by atoms with Crippen LogP contribution in [0.1, 0.15) is 57.5 Å². The minimum atomic E-state index is -0.357. The number of rotatable bonds is 6. The van der Waals surface area contributed by atoms with Gasteiger partial charge in [-0.2, -0.15) is 5.10 Å². The van der Waals surface area contributed by atoms with Crippen molar-refractivity contribution in [3.63, 3.8) is 0 Å². The first-order valence-corrected chi connectivity index (χ1v) is 15.6. The SMILES string of the molecule is Cc1ccc(-n2nc(C(C)(C)C)cc2NC(=O)Nc2ccc(-c3ccc(CN4CCCC(=O)C4C)cc3)c3ccccc23)cn1. The highest BCUT2D eigenvalue weighted by molar-refractivity contribution is 6.09. The molecule has 6 rings (SSSR count). The van der Waals surface area contributed by atoms with Gasteiger partial charge in [-0.25, -0.2) is 9.48 Å². The van der Waals surface area contributed by atoms with Gasteiger partial charge in [0.1, 0.15) is 11.6 Å². The van der Waals surface area contributed by atoms with Crippen molar-refractivity contribution in [3.8, 4) is 16.8 Å². The summed E-state index contributed by atoms with van der Waals surface area (Å²) in [6, 6.07) is 26.1. The zero-order chi connectivity index (χ0) is 31.7. The number of benzene rings is 3. The van der Waals surface area contributed by atoms with E-state index < -0.39 is 0 Å². The number of likely N-dealkylation sites (tertiary alicyclic amines) is 1. The number of amides is 2. The van der Waals surface area contributed by atoms with Crippen molar-refractivity contribution in [2.75, 3.05) is 17.2 Å². The molecule has 1 aliphatic rings. The van der Waals surface area contributed by atoms with Gasteiger partial charge < -0.3 is 5.32 Å². The number of carbonyl (C=O) groups excluding carboxylic acids is 2. The van der Waals surface area contributed by atoms with E-state index in [1.54, 1.807) is 10.9 Å². The Balaban J connectivity index is 1.23. The van der Waals surface area contributed by atoms with Crippen LogP contribution in [0.2, 0.25) is 0 Å². The molecular formula is C37H40N6O2. The minimum absolute atomic E-state index is 0.0275. The molecule has 2 amide bonds. The average Bonchev–Trinajstić information content (AvgIpc) is 3.45. The molecule has 1 aliphatic heterocycles. The monoisotopic (exact) mass is 600 g/mol. The first-order chi connectivity index (χ1) is 21.6. The zero-order valence-electron chi connectivity index (χ0n) is 26.6. The third-order valence-corrected chi connectivity index (χ3v) is 8.56. The quantitative estimate of drug-likeness (QED) is 0.207. The lowest BCUT2D eigenvalue weighted by atomic mass is 9.92. The highest BCUT2D eigenvalue weighted by Crippen LogP contribution is 2.34. The number of aromatic nitrogens is 3. The first kappa shape index (κ1) is 30.2. The molecular weight excluding hydrogens is 560 g/mol. The lowest BCUT2D eigenvalue weighted by Gasteiger charge is -2.32. The maximum Gasteiger partial charge on any atom is 0.324 e. The van der Waals surface area contributed by atoms with Gasteiger partial charge >= 0.3 is 6.03 Å². The minimum Gasteiger partial charge on any atom is -0.307 e.